The molecule has 2 aliphatic rings. The molecule has 2 heterocycles. The van der Waals surface area contributed by atoms with Gasteiger partial charge in [0.1, 0.15) is 5.75 Å². The normalized spacial score (nSPS) is 19.6. The Morgan fingerprint density at radius 3 is 2.70 bits per heavy atom. The third kappa shape index (κ3) is 5.45. The first kappa shape index (κ1) is 19.7. The van der Waals surface area contributed by atoms with Crippen molar-refractivity contribution in [2.45, 2.75) is 44.6 Å². The maximum Gasteiger partial charge on any atom is 0.239 e. The Balaban J connectivity index is 1.61. The zero-order chi connectivity index (χ0) is 19.1. The first-order chi connectivity index (χ1) is 13.2. The summed E-state index contributed by atoms with van der Waals surface area (Å²) < 4.78 is 5.37. The smallest absolute Gasteiger partial charge is 0.239 e. The van der Waals surface area contributed by atoms with Crippen molar-refractivity contribution in [1.29, 1.82) is 0 Å². The summed E-state index contributed by atoms with van der Waals surface area (Å²) in [5.41, 5.74) is 1.15. The van der Waals surface area contributed by atoms with Gasteiger partial charge in [0, 0.05) is 19.5 Å². The van der Waals surface area contributed by atoms with E-state index in [0.717, 1.165) is 43.7 Å². The summed E-state index contributed by atoms with van der Waals surface area (Å²) in [5, 5.41) is 3.07. The van der Waals surface area contributed by atoms with E-state index in [1.807, 2.05) is 18.2 Å². The molecule has 1 aromatic carbocycles. The summed E-state index contributed by atoms with van der Waals surface area (Å²) in [7, 11) is 1.67. The second-order valence-electron chi connectivity index (χ2n) is 7.47. The van der Waals surface area contributed by atoms with E-state index in [2.05, 4.69) is 16.3 Å². The zero-order valence-corrected chi connectivity index (χ0v) is 16.3. The van der Waals surface area contributed by atoms with Gasteiger partial charge in [0.15, 0.2) is 0 Å². The number of hydrogen-bond donors (Lipinski definition) is 1. The molecule has 0 aliphatic carbocycles. The van der Waals surface area contributed by atoms with Crippen LogP contribution in [0.4, 0.5) is 0 Å². The standard InChI is InChI=1S/C21H31N3O3/c1-27-18-9-7-8-17(14-18)19(23-11-5-6-12-23)15-22-20(25)16-24-13-4-2-3-10-21(24)26/h7-9,14,19H,2-6,10-13,15-16H2,1H3,(H,22,25). The summed E-state index contributed by atoms with van der Waals surface area (Å²) in [5.74, 6) is 0.863. The summed E-state index contributed by atoms with van der Waals surface area (Å²) in [6.45, 7) is 3.50. The van der Waals surface area contributed by atoms with Crippen LogP contribution in [0.15, 0.2) is 24.3 Å². The van der Waals surface area contributed by atoms with Crippen LogP contribution in [0.1, 0.15) is 50.1 Å². The third-order valence-corrected chi connectivity index (χ3v) is 5.56. The van der Waals surface area contributed by atoms with Gasteiger partial charge in [-0.2, -0.15) is 0 Å². The van der Waals surface area contributed by atoms with Crippen molar-refractivity contribution in [3.05, 3.63) is 29.8 Å². The van der Waals surface area contributed by atoms with Gasteiger partial charge in [-0.15, -0.1) is 0 Å². The van der Waals surface area contributed by atoms with Gasteiger partial charge in [0.25, 0.3) is 0 Å². The average molecular weight is 373 g/mol. The SMILES string of the molecule is COc1cccc(C(CNC(=O)CN2CCCCCC2=O)N2CCCC2)c1. The maximum atomic E-state index is 12.5. The molecule has 1 aromatic rings. The van der Waals surface area contributed by atoms with E-state index >= 15 is 0 Å². The first-order valence-corrected chi connectivity index (χ1v) is 10.1. The predicted molar refractivity (Wildman–Crippen MR) is 105 cm³/mol. The molecule has 1 unspecified atom stereocenters. The minimum absolute atomic E-state index is 0.0719. The molecule has 0 bridgehead atoms. The number of rotatable bonds is 7. The molecule has 0 spiro atoms. The van der Waals surface area contributed by atoms with Crippen LogP contribution in [0.3, 0.4) is 0 Å². The first-order valence-electron chi connectivity index (χ1n) is 10.1. The van der Waals surface area contributed by atoms with E-state index in [1.165, 1.54) is 12.8 Å². The van der Waals surface area contributed by atoms with Crippen LogP contribution in [-0.4, -0.2) is 61.4 Å². The highest BCUT2D eigenvalue weighted by atomic mass is 16.5. The van der Waals surface area contributed by atoms with Gasteiger partial charge in [-0.25, -0.2) is 0 Å². The van der Waals surface area contributed by atoms with Crippen LogP contribution >= 0.6 is 0 Å². The minimum atomic E-state index is -0.0719. The molecule has 0 saturated carbocycles. The van der Waals surface area contributed by atoms with Crippen LogP contribution in [0.5, 0.6) is 5.75 Å². The van der Waals surface area contributed by atoms with Crippen molar-refractivity contribution in [1.82, 2.24) is 15.1 Å². The number of methoxy groups -OCH3 is 1. The molecule has 148 valence electrons. The fourth-order valence-corrected chi connectivity index (χ4v) is 4.01. The number of nitrogens with zero attached hydrogens (tertiary/aromatic N) is 2. The predicted octanol–water partition coefficient (Wildman–Crippen LogP) is 2.35. The monoisotopic (exact) mass is 373 g/mol. The van der Waals surface area contributed by atoms with Crippen LogP contribution in [0, 0.1) is 0 Å². The molecular formula is C21H31N3O3. The van der Waals surface area contributed by atoms with Crippen molar-refractivity contribution in [3.63, 3.8) is 0 Å². The van der Waals surface area contributed by atoms with Gasteiger partial charge in [-0.3, -0.25) is 14.5 Å². The fourth-order valence-electron chi connectivity index (χ4n) is 4.01. The molecule has 2 fully saturated rings. The van der Waals surface area contributed by atoms with Crippen LogP contribution in [-0.2, 0) is 9.59 Å². The second-order valence-corrected chi connectivity index (χ2v) is 7.47. The fraction of sp³-hybridized carbons (Fsp3) is 0.619. The van der Waals surface area contributed by atoms with Crippen molar-refractivity contribution < 1.29 is 14.3 Å². The number of carbonyl (C=O) groups excluding carboxylic acids is 2. The maximum absolute atomic E-state index is 12.5. The number of hydrogen-bond acceptors (Lipinski definition) is 4. The Morgan fingerprint density at radius 2 is 1.93 bits per heavy atom. The van der Waals surface area contributed by atoms with Crippen molar-refractivity contribution in [2.75, 3.05) is 39.8 Å². The van der Waals surface area contributed by atoms with Gasteiger partial charge in [0.2, 0.25) is 11.8 Å². The molecule has 0 aromatic heterocycles. The highest BCUT2D eigenvalue weighted by molar-refractivity contribution is 5.84. The minimum Gasteiger partial charge on any atom is -0.497 e. The van der Waals surface area contributed by atoms with Crippen LogP contribution < -0.4 is 10.1 Å². The molecule has 1 N–H and O–H groups in total. The van der Waals surface area contributed by atoms with Gasteiger partial charge in [-0.05, 0) is 56.5 Å². The van der Waals surface area contributed by atoms with Gasteiger partial charge in [0.05, 0.1) is 19.7 Å². The topological polar surface area (TPSA) is 61.9 Å². The summed E-state index contributed by atoms with van der Waals surface area (Å²) in [4.78, 5) is 28.7. The van der Waals surface area contributed by atoms with Crippen LogP contribution in [0.25, 0.3) is 0 Å². The number of nitrogens with one attached hydrogen (secondary N) is 1. The quantitative estimate of drug-likeness (QED) is 0.797. The van der Waals surface area contributed by atoms with Gasteiger partial charge in [-0.1, -0.05) is 18.6 Å². The van der Waals surface area contributed by atoms with Crippen molar-refractivity contribution in [2.24, 2.45) is 0 Å². The van der Waals surface area contributed by atoms with E-state index in [4.69, 9.17) is 4.74 Å². The van der Waals surface area contributed by atoms with E-state index in [0.29, 0.717) is 19.5 Å². The number of benzene rings is 1. The van der Waals surface area contributed by atoms with E-state index in [1.54, 1.807) is 12.0 Å². The number of amides is 2. The largest absolute Gasteiger partial charge is 0.497 e. The van der Waals surface area contributed by atoms with Crippen molar-refractivity contribution in [3.8, 4) is 5.75 Å². The molecule has 6 nitrogen and oxygen atoms in total. The number of likely N-dealkylation sites (tertiary alicyclic amines) is 2. The summed E-state index contributed by atoms with van der Waals surface area (Å²) in [6, 6.07) is 8.21. The Hall–Kier alpha value is -2.08. The van der Waals surface area contributed by atoms with Gasteiger partial charge >= 0.3 is 0 Å². The number of ether oxygens (including phenoxy) is 1. The number of carbonyl (C=O) groups is 2. The third-order valence-electron chi connectivity index (χ3n) is 5.56. The molecule has 6 heteroatoms. The Labute approximate surface area is 161 Å². The summed E-state index contributed by atoms with van der Waals surface area (Å²) >= 11 is 0. The molecule has 3 rings (SSSR count). The molecule has 27 heavy (non-hydrogen) atoms. The summed E-state index contributed by atoms with van der Waals surface area (Å²) in [6.07, 6.45) is 5.93. The Morgan fingerprint density at radius 1 is 1.15 bits per heavy atom. The van der Waals surface area contributed by atoms with Crippen LogP contribution in [0.2, 0.25) is 0 Å². The van der Waals surface area contributed by atoms with E-state index in [-0.39, 0.29) is 24.4 Å². The molecule has 0 radical (unpaired) electrons. The van der Waals surface area contributed by atoms with E-state index < -0.39 is 0 Å². The van der Waals surface area contributed by atoms with Gasteiger partial charge < -0.3 is 15.0 Å². The molecule has 2 saturated heterocycles. The van der Waals surface area contributed by atoms with E-state index in [9.17, 15) is 9.59 Å². The lowest BCUT2D eigenvalue weighted by atomic mass is 10.0. The zero-order valence-electron chi connectivity index (χ0n) is 16.3. The Kier molecular flexibility index (Phi) is 7.10. The highest BCUT2D eigenvalue weighted by Crippen LogP contribution is 2.27. The average Bonchev–Trinajstić information content (AvgIpc) is 3.13. The lowest BCUT2D eigenvalue weighted by molar-refractivity contribution is -0.135. The molecule has 1 atom stereocenters. The molecule has 2 amide bonds. The lowest BCUT2D eigenvalue weighted by Gasteiger charge is -2.29. The molecular weight excluding hydrogens is 342 g/mol. The van der Waals surface area contributed by atoms with Crippen molar-refractivity contribution >= 4 is 11.8 Å². The second kappa shape index (κ2) is 9.74. The highest BCUT2D eigenvalue weighted by Gasteiger charge is 2.25. The lowest BCUT2D eigenvalue weighted by Crippen LogP contribution is -2.43. The molecule has 2 aliphatic heterocycles. The Bertz CT molecular complexity index is 643.